The zero-order valence-corrected chi connectivity index (χ0v) is 21.4. The fraction of sp³-hybridized carbons (Fsp3) is 0.690. The molecule has 1 N–H and O–H groups in total. The lowest BCUT2D eigenvalue weighted by Crippen LogP contribution is -2.52. The van der Waals surface area contributed by atoms with Crippen molar-refractivity contribution in [2.24, 2.45) is 34.5 Å². The summed E-state index contributed by atoms with van der Waals surface area (Å²) in [7, 11) is 0. The number of allylic oxidation sites excluding steroid dienone is 1. The van der Waals surface area contributed by atoms with E-state index in [1.54, 1.807) is 25.1 Å². The molecule has 1 aromatic rings. The van der Waals surface area contributed by atoms with Crippen LogP contribution in [0.1, 0.15) is 84.1 Å². The third-order valence-electron chi connectivity index (χ3n) is 11.4. The van der Waals surface area contributed by atoms with Gasteiger partial charge in [0.2, 0.25) is 5.91 Å². The third-order valence-corrected chi connectivity index (χ3v) is 11.4. The summed E-state index contributed by atoms with van der Waals surface area (Å²) in [5.74, 6) is 2.29. The monoisotopic (exact) mass is 478 g/mol. The number of amides is 1. The number of fused-ring (bicyclic) bond motifs is 8. The summed E-state index contributed by atoms with van der Waals surface area (Å²) in [6.45, 7) is 8.79. The van der Waals surface area contributed by atoms with Gasteiger partial charge in [0.1, 0.15) is 0 Å². The largest absolute Gasteiger partial charge is 0.393 e. The molecule has 1 amide bonds. The highest BCUT2D eigenvalue weighted by Gasteiger charge is 2.64. The van der Waals surface area contributed by atoms with Gasteiger partial charge in [-0.15, -0.1) is 0 Å². The lowest BCUT2D eigenvalue weighted by Gasteiger charge is -2.58. The lowest BCUT2D eigenvalue weighted by molar-refractivity contribution is -0.384. The zero-order chi connectivity index (χ0) is 24.9. The molecule has 3 saturated carbocycles. The molecule has 6 heteroatoms. The molecule has 6 nitrogen and oxygen atoms in total. The van der Waals surface area contributed by atoms with Crippen LogP contribution in [0.4, 0.5) is 11.4 Å². The van der Waals surface area contributed by atoms with E-state index in [0.717, 1.165) is 49.8 Å². The predicted molar refractivity (Wildman–Crippen MR) is 135 cm³/mol. The van der Waals surface area contributed by atoms with E-state index < -0.39 is 0 Å². The number of hydrogen-bond donors (Lipinski definition) is 1. The maximum absolute atomic E-state index is 13.1. The van der Waals surface area contributed by atoms with Gasteiger partial charge in [-0.2, -0.15) is 0 Å². The van der Waals surface area contributed by atoms with Crippen LogP contribution in [0.5, 0.6) is 0 Å². The van der Waals surface area contributed by atoms with Crippen molar-refractivity contribution in [3.63, 3.8) is 0 Å². The molecule has 0 bridgehead atoms. The fourth-order valence-corrected chi connectivity index (χ4v) is 9.88. The van der Waals surface area contributed by atoms with Crippen molar-refractivity contribution in [2.45, 2.75) is 90.7 Å². The quantitative estimate of drug-likeness (QED) is 0.306. The minimum Gasteiger partial charge on any atom is -0.393 e. The zero-order valence-electron chi connectivity index (χ0n) is 21.4. The number of hydrogen-bond acceptors (Lipinski definition) is 4. The van der Waals surface area contributed by atoms with Gasteiger partial charge in [-0.3, -0.25) is 14.9 Å². The summed E-state index contributed by atoms with van der Waals surface area (Å²) in [5, 5.41) is 21.9. The molecule has 1 aromatic carbocycles. The van der Waals surface area contributed by atoms with Gasteiger partial charge >= 0.3 is 0 Å². The Hall–Kier alpha value is -2.21. The SMILES string of the molecule is CC(=O)N1c2ccc([N+](=O)[O-])cc2[C@@H](C)[C@H]2[C@H]1C[C@H]1[C@@H]3CC=C4C[C@@H](O)CC[C@]4(C)[C@H]3CC[C@]21C. The van der Waals surface area contributed by atoms with Gasteiger partial charge in [0.25, 0.3) is 5.69 Å². The first-order valence-electron chi connectivity index (χ1n) is 13.5. The van der Waals surface area contributed by atoms with Crippen LogP contribution in [-0.2, 0) is 4.79 Å². The van der Waals surface area contributed by atoms with Crippen molar-refractivity contribution in [1.82, 2.24) is 0 Å². The third kappa shape index (κ3) is 3.07. The van der Waals surface area contributed by atoms with Gasteiger partial charge in [-0.1, -0.05) is 32.4 Å². The number of aliphatic hydroxyl groups is 1. The number of nitro benzene ring substituents is 1. The van der Waals surface area contributed by atoms with E-state index >= 15 is 0 Å². The number of non-ortho nitro benzene ring substituents is 1. The molecule has 0 saturated heterocycles. The van der Waals surface area contributed by atoms with E-state index in [1.807, 2.05) is 4.90 Å². The highest BCUT2D eigenvalue weighted by molar-refractivity contribution is 5.94. The molecule has 9 atom stereocenters. The number of aliphatic hydroxyl groups excluding tert-OH is 1. The summed E-state index contributed by atoms with van der Waals surface area (Å²) >= 11 is 0. The topological polar surface area (TPSA) is 83.7 Å². The Morgan fingerprint density at radius 1 is 1.20 bits per heavy atom. The predicted octanol–water partition coefficient (Wildman–Crippen LogP) is 5.98. The number of rotatable bonds is 1. The molecule has 5 aliphatic rings. The van der Waals surface area contributed by atoms with Crippen molar-refractivity contribution < 1.29 is 14.8 Å². The van der Waals surface area contributed by atoms with E-state index in [0.29, 0.717) is 23.7 Å². The van der Waals surface area contributed by atoms with Crippen LogP contribution in [-0.4, -0.2) is 28.1 Å². The molecule has 0 unspecified atom stereocenters. The molecule has 1 heterocycles. The van der Waals surface area contributed by atoms with Crippen molar-refractivity contribution in [3.8, 4) is 0 Å². The number of anilines is 1. The Balaban J connectivity index is 1.41. The molecule has 35 heavy (non-hydrogen) atoms. The normalized spacial score (nSPS) is 43.7. The summed E-state index contributed by atoms with van der Waals surface area (Å²) in [4.78, 5) is 26.3. The van der Waals surface area contributed by atoms with Crippen molar-refractivity contribution in [3.05, 3.63) is 45.5 Å². The number of benzene rings is 1. The van der Waals surface area contributed by atoms with Gasteiger partial charge in [0, 0.05) is 30.8 Å². The van der Waals surface area contributed by atoms with Crippen LogP contribution in [0.2, 0.25) is 0 Å². The van der Waals surface area contributed by atoms with Crippen LogP contribution in [0.25, 0.3) is 0 Å². The fourth-order valence-electron chi connectivity index (χ4n) is 9.88. The Kier molecular flexibility index (Phi) is 5.07. The van der Waals surface area contributed by atoms with Gasteiger partial charge < -0.3 is 10.0 Å². The minimum atomic E-state index is -0.324. The first kappa shape index (κ1) is 23.2. The first-order valence-corrected chi connectivity index (χ1v) is 13.5. The lowest BCUT2D eigenvalue weighted by atomic mass is 9.47. The Morgan fingerprint density at radius 2 is 1.97 bits per heavy atom. The van der Waals surface area contributed by atoms with E-state index in [1.165, 1.54) is 12.0 Å². The number of nitro groups is 1. The summed E-state index contributed by atoms with van der Waals surface area (Å²) in [6.07, 6.45) is 9.50. The van der Waals surface area contributed by atoms with Crippen LogP contribution in [0.15, 0.2) is 29.8 Å². The second kappa shape index (κ2) is 7.64. The highest BCUT2D eigenvalue weighted by atomic mass is 16.6. The first-order chi connectivity index (χ1) is 16.6. The Bertz CT molecular complexity index is 1130. The van der Waals surface area contributed by atoms with E-state index in [4.69, 9.17) is 0 Å². The average molecular weight is 479 g/mol. The molecule has 1 aliphatic heterocycles. The van der Waals surface area contributed by atoms with Crippen LogP contribution in [0, 0.1) is 44.6 Å². The molecule has 3 fully saturated rings. The van der Waals surface area contributed by atoms with E-state index in [9.17, 15) is 20.0 Å². The molecule has 188 valence electrons. The van der Waals surface area contributed by atoms with Gasteiger partial charge in [0.05, 0.1) is 11.0 Å². The van der Waals surface area contributed by atoms with Crippen molar-refractivity contribution >= 4 is 17.3 Å². The second-order valence-corrected chi connectivity index (χ2v) is 12.7. The standard InChI is InChI=1S/C29H38N2O4/c1-16-22-14-19(31(34)35)6-8-25(22)30(17(2)32)26-15-24-21-7-5-18-13-20(33)9-11-28(18,3)23(21)10-12-29(24,4)27(16)26/h5-6,8,14,16,20-21,23-24,26-27,33H,7,9-13,15H2,1-4H3/t16-,20+,21-,23+,24+,26-,27+,28+,29+/m1/s1. The van der Waals surface area contributed by atoms with Crippen LogP contribution in [0.3, 0.4) is 0 Å². The van der Waals surface area contributed by atoms with E-state index in [-0.39, 0.29) is 45.4 Å². The van der Waals surface area contributed by atoms with Crippen LogP contribution >= 0.6 is 0 Å². The second-order valence-electron chi connectivity index (χ2n) is 12.7. The number of carbonyl (C=O) groups excluding carboxylic acids is 1. The smallest absolute Gasteiger partial charge is 0.269 e. The molecular formula is C29H38N2O4. The van der Waals surface area contributed by atoms with Crippen molar-refractivity contribution in [2.75, 3.05) is 4.90 Å². The van der Waals surface area contributed by atoms with Crippen LogP contribution < -0.4 is 4.90 Å². The van der Waals surface area contributed by atoms with Crippen molar-refractivity contribution in [1.29, 1.82) is 0 Å². The van der Waals surface area contributed by atoms with Gasteiger partial charge in [0.15, 0.2) is 0 Å². The maximum atomic E-state index is 13.1. The summed E-state index contributed by atoms with van der Waals surface area (Å²) < 4.78 is 0. The summed E-state index contributed by atoms with van der Waals surface area (Å²) in [6, 6.07) is 5.22. The molecule has 0 spiro atoms. The maximum Gasteiger partial charge on any atom is 0.269 e. The van der Waals surface area contributed by atoms with Gasteiger partial charge in [-0.05, 0) is 97.0 Å². The molecule has 0 aromatic heterocycles. The number of carbonyl (C=O) groups is 1. The highest BCUT2D eigenvalue weighted by Crippen LogP contribution is 2.69. The Morgan fingerprint density at radius 3 is 2.69 bits per heavy atom. The molecular weight excluding hydrogens is 440 g/mol. The molecule has 6 rings (SSSR count). The molecule has 0 radical (unpaired) electrons. The number of nitrogens with zero attached hydrogens (tertiary/aromatic N) is 2. The molecule has 4 aliphatic carbocycles. The minimum absolute atomic E-state index is 0.0415. The summed E-state index contributed by atoms with van der Waals surface area (Å²) in [5.41, 5.74) is 3.71. The Labute approximate surface area is 207 Å². The van der Waals surface area contributed by atoms with Gasteiger partial charge in [-0.25, -0.2) is 0 Å². The average Bonchev–Trinajstić information content (AvgIpc) is 3.12. The van der Waals surface area contributed by atoms with E-state index in [2.05, 4.69) is 26.8 Å².